The topological polar surface area (TPSA) is 115 Å². The first-order valence-electron chi connectivity index (χ1n) is 8.76. The maximum atomic E-state index is 11.8. The lowest BCUT2D eigenvalue weighted by molar-refractivity contribution is 0.0944. The van der Waals surface area contributed by atoms with Crippen LogP contribution >= 0.6 is 23.2 Å². The highest BCUT2D eigenvalue weighted by atomic mass is 35.5. The van der Waals surface area contributed by atoms with Gasteiger partial charge in [0.2, 0.25) is 11.5 Å². The van der Waals surface area contributed by atoms with E-state index in [1.807, 2.05) is 24.3 Å². The van der Waals surface area contributed by atoms with Gasteiger partial charge < -0.3 is 21.1 Å². The SMILES string of the molecule is Nc1nonc1C(=O)NCCNCc1cccc(OCc2c(Cl)cccc2Cl)c1. The number of hydrogen-bond acceptors (Lipinski definition) is 7. The van der Waals surface area contributed by atoms with E-state index in [1.165, 1.54) is 0 Å². The Morgan fingerprint density at radius 2 is 1.86 bits per heavy atom. The molecule has 0 atom stereocenters. The number of carbonyl (C=O) groups excluding carboxylic acids is 1. The second-order valence-electron chi connectivity index (χ2n) is 6.07. The zero-order chi connectivity index (χ0) is 20.6. The maximum absolute atomic E-state index is 11.8. The molecule has 0 saturated heterocycles. The number of nitrogen functional groups attached to an aromatic ring is 1. The van der Waals surface area contributed by atoms with Crippen molar-refractivity contribution >= 4 is 34.9 Å². The third kappa shape index (κ3) is 5.83. The molecule has 0 spiro atoms. The summed E-state index contributed by atoms with van der Waals surface area (Å²) in [5, 5.41) is 13.9. The van der Waals surface area contributed by atoms with Crippen molar-refractivity contribution < 1.29 is 14.2 Å². The molecule has 0 saturated carbocycles. The second-order valence-corrected chi connectivity index (χ2v) is 6.88. The molecule has 1 heterocycles. The zero-order valence-corrected chi connectivity index (χ0v) is 16.8. The summed E-state index contributed by atoms with van der Waals surface area (Å²) in [7, 11) is 0. The molecule has 1 amide bonds. The number of ether oxygens (including phenoxy) is 1. The Kier molecular flexibility index (Phi) is 7.29. The highest BCUT2D eigenvalue weighted by Crippen LogP contribution is 2.26. The van der Waals surface area contributed by atoms with Gasteiger partial charge in [-0.15, -0.1) is 0 Å². The molecule has 0 radical (unpaired) electrons. The van der Waals surface area contributed by atoms with Gasteiger partial charge in [-0.25, -0.2) is 4.63 Å². The number of nitrogens with one attached hydrogen (secondary N) is 2. The van der Waals surface area contributed by atoms with E-state index in [0.717, 1.165) is 11.1 Å². The summed E-state index contributed by atoms with van der Waals surface area (Å²) >= 11 is 12.3. The van der Waals surface area contributed by atoms with Gasteiger partial charge in [0.15, 0.2) is 0 Å². The summed E-state index contributed by atoms with van der Waals surface area (Å²) in [6.07, 6.45) is 0. The van der Waals surface area contributed by atoms with Gasteiger partial charge in [0.25, 0.3) is 5.91 Å². The molecule has 0 bridgehead atoms. The summed E-state index contributed by atoms with van der Waals surface area (Å²) in [5.41, 5.74) is 7.23. The quantitative estimate of drug-likeness (QED) is 0.442. The second kappa shape index (κ2) is 10.1. The molecule has 4 N–H and O–H groups in total. The minimum atomic E-state index is -0.431. The average Bonchev–Trinajstić information content (AvgIpc) is 3.13. The number of benzene rings is 2. The van der Waals surface area contributed by atoms with Crippen LogP contribution in [0.5, 0.6) is 5.75 Å². The Bertz CT molecular complexity index is 960. The number of amides is 1. The number of anilines is 1. The van der Waals surface area contributed by atoms with E-state index in [4.69, 9.17) is 33.7 Å². The van der Waals surface area contributed by atoms with E-state index >= 15 is 0 Å². The third-order valence-corrected chi connectivity index (χ3v) is 4.70. The molecule has 0 aliphatic carbocycles. The fourth-order valence-electron chi connectivity index (χ4n) is 2.50. The number of halogens is 2. The van der Waals surface area contributed by atoms with Gasteiger partial charge in [0.05, 0.1) is 0 Å². The van der Waals surface area contributed by atoms with Crippen LogP contribution in [0.2, 0.25) is 10.0 Å². The summed E-state index contributed by atoms with van der Waals surface area (Å²) < 4.78 is 10.2. The Balaban J connectivity index is 1.43. The van der Waals surface area contributed by atoms with Gasteiger partial charge in [0, 0.05) is 35.2 Å². The fourth-order valence-corrected chi connectivity index (χ4v) is 3.01. The molecule has 0 fully saturated rings. The smallest absolute Gasteiger partial charge is 0.277 e. The van der Waals surface area contributed by atoms with Crippen LogP contribution in [0, 0.1) is 0 Å². The zero-order valence-electron chi connectivity index (χ0n) is 15.3. The van der Waals surface area contributed by atoms with E-state index in [2.05, 4.69) is 25.6 Å². The van der Waals surface area contributed by atoms with Crippen LogP contribution in [0.4, 0.5) is 5.82 Å². The van der Waals surface area contributed by atoms with Gasteiger partial charge in [-0.2, -0.15) is 0 Å². The molecule has 152 valence electrons. The number of rotatable bonds is 9. The molecular formula is C19H19Cl2N5O3. The van der Waals surface area contributed by atoms with Crippen LogP contribution in [-0.4, -0.2) is 29.3 Å². The lowest BCUT2D eigenvalue weighted by atomic mass is 10.2. The van der Waals surface area contributed by atoms with Crippen molar-refractivity contribution in [3.8, 4) is 5.75 Å². The summed E-state index contributed by atoms with van der Waals surface area (Å²) in [5.74, 6) is 0.243. The Morgan fingerprint density at radius 3 is 2.59 bits per heavy atom. The Labute approximate surface area is 177 Å². The van der Waals surface area contributed by atoms with Crippen molar-refractivity contribution in [2.75, 3.05) is 18.8 Å². The van der Waals surface area contributed by atoms with Gasteiger partial charge in [-0.3, -0.25) is 4.79 Å². The molecular weight excluding hydrogens is 417 g/mol. The molecule has 3 aromatic rings. The average molecular weight is 436 g/mol. The van der Waals surface area contributed by atoms with Gasteiger partial charge in [-0.05, 0) is 40.1 Å². The van der Waals surface area contributed by atoms with E-state index < -0.39 is 5.91 Å². The van der Waals surface area contributed by atoms with Crippen molar-refractivity contribution in [2.24, 2.45) is 0 Å². The van der Waals surface area contributed by atoms with Gasteiger partial charge in [0.1, 0.15) is 12.4 Å². The van der Waals surface area contributed by atoms with Crippen LogP contribution in [-0.2, 0) is 13.2 Å². The van der Waals surface area contributed by atoms with Gasteiger partial charge in [-0.1, -0.05) is 41.4 Å². The largest absolute Gasteiger partial charge is 0.489 e. The maximum Gasteiger partial charge on any atom is 0.277 e. The molecule has 2 aromatic carbocycles. The molecule has 10 heteroatoms. The number of carbonyl (C=O) groups is 1. The lowest BCUT2D eigenvalue weighted by Crippen LogP contribution is -2.32. The van der Waals surface area contributed by atoms with Crippen LogP contribution < -0.4 is 21.1 Å². The van der Waals surface area contributed by atoms with Crippen LogP contribution in [0.1, 0.15) is 21.6 Å². The molecule has 0 aliphatic heterocycles. The first kappa shape index (κ1) is 20.9. The van der Waals surface area contributed by atoms with Crippen molar-refractivity contribution in [3.63, 3.8) is 0 Å². The number of aromatic nitrogens is 2. The number of hydrogen-bond donors (Lipinski definition) is 3. The Hall–Kier alpha value is -2.81. The molecule has 0 aliphatic rings. The highest BCUT2D eigenvalue weighted by Gasteiger charge is 2.14. The van der Waals surface area contributed by atoms with E-state index in [0.29, 0.717) is 35.4 Å². The fraction of sp³-hybridized carbons (Fsp3) is 0.211. The summed E-state index contributed by atoms with van der Waals surface area (Å²) in [4.78, 5) is 11.8. The van der Waals surface area contributed by atoms with Crippen LogP contribution in [0.15, 0.2) is 47.1 Å². The Morgan fingerprint density at radius 1 is 1.10 bits per heavy atom. The van der Waals surface area contributed by atoms with Crippen molar-refractivity contribution in [1.29, 1.82) is 0 Å². The molecule has 3 rings (SSSR count). The normalized spacial score (nSPS) is 10.7. The number of nitrogens with zero attached hydrogens (tertiary/aromatic N) is 2. The van der Waals surface area contributed by atoms with E-state index in [1.54, 1.807) is 18.2 Å². The standard InChI is InChI=1S/C19H19Cl2N5O3/c20-15-5-2-6-16(21)14(15)11-28-13-4-1-3-12(9-13)10-23-7-8-24-19(27)17-18(22)26-29-25-17/h1-6,9,23H,7-8,10-11H2,(H2,22,26)(H,24,27). The monoisotopic (exact) mass is 435 g/mol. The molecule has 0 unspecified atom stereocenters. The molecule has 29 heavy (non-hydrogen) atoms. The lowest BCUT2D eigenvalue weighted by Gasteiger charge is -2.11. The predicted octanol–water partition coefficient (Wildman–Crippen LogP) is 3.06. The highest BCUT2D eigenvalue weighted by molar-refractivity contribution is 6.35. The summed E-state index contributed by atoms with van der Waals surface area (Å²) in [6, 6.07) is 13.0. The minimum absolute atomic E-state index is 0.0199. The van der Waals surface area contributed by atoms with Gasteiger partial charge >= 0.3 is 0 Å². The predicted molar refractivity (Wildman–Crippen MR) is 110 cm³/mol. The van der Waals surface area contributed by atoms with Crippen molar-refractivity contribution in [2.45, 2.75) is 13.2 Å². The van der Waals surface area contributed by atoms with E-state index in [9.17, 15) is 4.79 Å². The summed E-state index contributed by atoms with van der Waals surface area (Å²) in [6.45, 7) is 1.83. The third-order valence-electron chi connectivity index (χ3n) is 3.99. The first-order valence-corrected chi connectivity index (χ1v) is 9.52. The van der Waals surface area contributed by atoms with Crippen LogP contribution in [0.3, 0.4) is 0 Å². The molecule has 1 aromatic heterocycles. The van der Waals surface area contributed by atoms with Crippen molar-refractivity contribution in [1.82, 2.24) is 20.9 Å². The van der Waals surface area contributed by atoms with Crippen LogP contribution in [0.25, 0.3) is 0 Å². The van der Waals surface area contributed by atoms with Crippen molar-refractivity contribution in [3.05, 3.63) is 69.3 Å². The molecule has 8 nitrogen and oxygen atoms in total. The minimum Gasteiger partial charge on any atom is -0.489 e. The first-order chi connectivity index (χ1) is 14.0. The van der Waals surface area contributed by atoms with E-state index in [-0.39, 0.29) is 18.1 Å². The number of nitrogens with two attached hydrogens (primary N) is 1.